The number of hydrogen-bond acceptors (Lipinski definition) is 6. The van der Waals surface area contributed by atoms with Crippen LogP contribution in [0.4, 0.5) is 5.82 Å². The predicted molar refractivity (Wildman–Crippen MR) is 115 cm³/mol. The first-order chi connectivity index (χ1) is 14.8. The normalized spacial score (nSPS) is 20.8. The van der Waals surface area contributed by atoms with Crippen LogP contribution in [0.15, 0.2) is 0 Å². The number of piperidine rings is 1. The molecule has 166 valence electrons. The van der Waals surface area contributed by atoms with Gasteiger partial charge in [0.2, 0.25) is 0 Å². The number of nitriles is 1. The highest BCUT2D eigenvalue weighted by molar-refractivity contribution is 6.34. The zero-order valence-electron chi connectivity index (χ0n) is 18.7. The molecule has 2 fully saturated rings. The number of nitrogens with zero attached hydrogens (tertiary/aromatic N) is 5. The van der Waals surface area contributed by atoms with Crippen molar-refractivity contribution in [1.82, 2.24) is 14.8 Å². The van der Waals surface area contributed by atoms with Crippen LogP contribution in [0.25, 0.3) is 0 Å². The highest BCUT2D eigenvalue weighted by Crippen LogP contribution is 2.35. The van der Waals surface area contributed by atoms with Crippen LogP contribution in [0.2, 0.25) is 0 Å². The lowest BCUT2D eigenvalue weighted by atomic mass is 9.88. The average Bonchev–Trinajstić information content (AvgIpc) is 2.78. The van der Waals surface area contributed by atoms with Gasteiger partial charge in [-0.3, -0.25) is 9.59 Å². The van der Waals surface area contributed by atoms with Crippen LogP contribution in [0, 0.1) is 18.3 Å². The maximum absolute atomic E-state index is 12.7. The Morgan fingerprint density at radius 1 is 0.968 bits per heavy atom. The number of hydrogen-bond donors (Lipinski definition) is 0. The summed E-state index contributed by atoms with van der Waals surface area (Å²) in [6.45, 7) is 9.87. The standard InChI is InChI=1S/C23H31N5O3/c1-16-19-15-31-23(2,3)13-17(19)18(14-24)20(25-16)26-9-11-28(12-10-26)22(30)21(29)27-7-5-4-6-8-27/h4-13,15H2,1-3H3. The van der Waals surface area contributed by atoms with Gasteiger partial charge in [-0.25, -0.2) is 4.98 Å². The molecule has 0 aliphatic carbocycles. The van der Waals surface area contributed by atoms with Crippen molar-refractivity contribution in [3.63, 3.8) is 0 Å². The lowest BCUT2D eigenvalue weighted by Gasteiger charge is -2.38. The van der Waals surface area contributed by atoms with Crippen molar-refractivity contribution in [3.05, 3.63) is 22.4 Å². The van der Waals surface area contributed by atoms with E-state index in [2.05, 4.69) is 11.0 Å². The van der Waals surface area contributed by atoms with Gasteiger partial charge < -0.3 is 19.4 Å². The minimum absolute atomic E-state index is 0.316. The van der Waals surface area contributed by atoms with Crippen LogP contribution in [-0.4, -0.2) is 71.5 Å². The van der Waals surface area contributed by atoms with Gasteiger partial charge in [0.05, 0.1) is 17.8 Å². The number of aryl methyl sites for hydroxylation is 1. The summed E-state index contributed by atoms with van der Waals surface area (Å²) in [6.07, 6.45) is 3.72. The van der Waals surface area contributed by atoms with E-state index in [0.29, 0.717) is 63.7 Å². The summed E-state index contributed by atoms with van der Waals surface area (Å²) in [5.41, 5.74) is 3.23. The van der Waals surface area contributed by atoms with Gasteiger partial charge in [-0.2, -0.15) is 5.26 Å². The van der Waals surface area contributed by atoms with E-state index < -0.39 is 5.91 Å². The summed E-state index contributed by atoms with van der Waals surface area (Å²) in [5.74, 6) is -0.0997. The van der Waals surface area contributed by atoms with Gasteiger partial charge in [-0.15, -0.1) is 0 Å². The van der Waals surface area contributed by atoms with E-state index in [4.69, 9.17) is 9.72 Å². The molecule has 2 amide bonds. The molecule has 8 nitrogen and oxygen atoms in total. The summed E-state index contributed by atoms with van der Waals surface area (Å²) in [4.78, 5) is 35.4. The molecule has 0 saturated carbocycles. The molecular formula is C23H31N5O3. The summed E-state index contributed by atoms with van der Waals surface area (Å²) < 4.78 is 5.93. The van der Waals surface area contributed by atoms with Crippen LogP contribution in [0.3, 0.4) is 0 Å². The first-order valence-corrected chi connectivity index (χ1v) is 11.2. The van der Waals surface area contributed by atoms with Crippen LogP contribution in [0.1, 0.15) is 55.5 Å². The van der Waals surface area contributed by atoms with E-state index in [1.54, 1.807) is 9.80 Å². The molecule has 8 heteroatoms. The third-order valence-electron chi connectivity index (χ3n) is 6.61. The van der Waals surface area contributed by atoms with E-state index in [1.165, 1.54) is 0 Å². The zero-order chi connectivity index (χ0) is 22.2. The van der Waals surface area contributed by atoms with Gasteiger partial charge in [0.25, 0.3) is 0 Å². The Labute approximate surface area is 183 Å². The second-order valence-electron chi connectivity index (χ2n) is 9.32. The van der Waals surface area contributed by atoms with Gasteiger partial charge in [0.15, 0.2) is 0 Å². The maximum Gasteiger partial charge on any atom is 0.312 e. The van der Waals surface area contributed by atoms with Crippen molar-refractivity contribution in [1.29, 1.82) is 5.26 Å². The molecule has 1 aromatic heterocycles. The van der Waals surface area contributed by atoms with Crippen LogP contribution in [0.5, 0.6) is 0 Å². The molecule has 0 unspecified atom stereocenters. The zero-order valence-corrected chi connectivity index (χ0v) is 18.7. The summed E-state index contributed by atoms with van der Waals surface area (Å²) in [6, 6.07) is 2.38. The van der Waals surface area contributed by atoms with Crippen molar-refractivity contribution < 1.29 is 14.3 Å². The Morgan fingerprint density at radius 2 is 1.58 bits per heavy atom. The fourth-order valence-electron chi connectivity index (χ4n) is 4.75. The molecule has 4 heterocycles. The molecule has 0 aromatic carbocycles. The Balaban J connectivity index is 1.49. The van der Waals surface area contributed by atoms with E-state index in [0.717, 1.165) is 36.1 Å². The van der Waals surface area contributed by atoms with E-state index in [9.17, 15) is 14.9 Å². The smallest absolute Gasteiger partial charge is 0.312 e. The van der Waals surface area contributed by atoms with E-state index >= 15 is 0 Å². The lowest BCUT2D eigenvalue weighted by molar-refractivity contribution is -0.152. The summed E-state index contributed by atoms with van der Waals surface area (Å²) >= 11 is 0. The number of carbonyl (C=O) groups is 2. The highest BCUT2D eigenvalue weighted by Gasteiger charge is 2.34. The number of rotatable bonds is 1. The molecule has 2 saturated heterocycles. The van der Waals surface area contributed by atoms with Crippen molar-refractivity contribution in [2.45, 2.75) is 58.7 Å². The van der Waals surface area contributed by atoms with E-state index in [-0.39, 0.29) is 11.5 Å². The summed E-state index contributed by atoms with van der Waals surface area (Å²) in [5, 5.41) is 9.95. The van der Waals surface area contributed by atoms with E-state index in [1.807, 2.05) is 20.8 Å². The Bertz CT molecular complexity index is 922. The van der Waals surface area contributed by atoms with Gasteiger partial charge in [0, 0.05) is 56.9 Å². The van der Waals surface area contributed by atoms with Crippen molar-refractivity contribution in [2.24, 2.45) is 0 Å². The second-order valence-corrected chi connectivity index (χ2v) is 9.32. The first-order valence-electron chi connectivity index (χ1n) is 11.2. The number of carbonyl (C=O) groups excluding carboxylic acids is 2. The average molecular weight is 426 g/mol. The molecular weight excluding hydrogens is 394 g/mol. The fraction of sp³-hybridized carbons (Fsp3) is 0.652. The number of amides is 2. The second kappa shape index (κ2) is 8.46. The largest absolute Gasteiger partial charge is 0.370 e. The van der Waals surface area contributed by atoms with Crippen LogP contribution < -0.4 is 4.90 Å². The molecule has 4 rings (SSSR count). The first kappa shape index (κ1) is 21.6. The maximum atomic E-state index is 12.7. The number of pyridine rings is 1. The molecule has 0 bridgehead atoms. The number of fused-ring (bicyclic) bond motifs is 1. The van der Waals surface area contributed by atoms with Crippen molar-refractivity contribution in [2.75, 3.05) is 44.2 Å². The van der Waals surface area contributed by atoms with Crippen molar-refractivity contribution >= 4 is 17.6 Å². The minimum atomic E-state index is -0.407. The predicted octanol–water partition coefficient (Wildman–Crippen LogP) is 1.77. The van der Waals surface area contributed by atoms with Crippen molar-refractivity contribution in [3.8, 4) is 6.07 Å². The topological polar surface area (TPSA) is 89.8 Å². The van der Waals surface area contributed by atoms with Gasteiger partial charge >= 0.3 is 11.8 Å². The number of piperazine rings is 1. The number of aromatic nitrogens is 1. The number of anilines is 1. The van der Waals surface area contributed by atoms with Gasteiger partial charge in [0.1, 0.15) is 11.9 Å². The molecule has 0 atom stereocenters. The quantitative estimate of drug-likeness (QED) is 0.637. The number of ether oxygens (including phenoxy) is 1. The fourth-order valence-corrected chi connectivity index (χ4v) is 4.75. The number of likely N-dealkylation sites (tertiary alicyclic amines) is 1. The third-order valence-corrected chi connectivity index (χ3v) is 6.61. The highest BCUT2D eigenvalue weighted by atomic mass is 16.5. The summed E-state index contributed by atoms with van der Waals surface area (Å²) in [7, 11) is 0. The molecule has 3 aliphatic heterocycles. The molecule has 3 aliphatic rings. The SMILES string of the molecule is Cc1nc(N2CCN(C(=O)C(=O)N3CCCCC3)CC2)c(C#N)c2c1COC(C)(C)C2. The Hall–Kier alpha value is -2.66. The minimum Gasteiger partial charge on any atom is -0.370 e. The van der Waals surface area contributed by atoms with Gasteiger partial charge in [-0.05, 0) is 45.6 Å². The monoisotopic (exact) mass is 425 g/mol. The Morgan fingerprint density at radius 3 is 2.19 bits per heavy atom. The molecule has 0 N–H and O–H groups in total. The third kappa shape index (κ3) is 4.24. The van der Waals surface area contributed by atoms with Crippen LogP contribution >= 0.6 is 0 Å². The lowest BCUT2D eigenvalue weighted by Crippen LogP contribution is -2.54. The molecule has 1 aromatic rings. The van der Waals surface area contributed by atoms with Crippen LogP contribution in [-0.2, 0) is 27.4 Å². The molecule has 31 heavy (non-hydrogen) atoms. The molecule has 0 radical (unpaired) electrons. The van der Waals surface area contributed by atoms with Gasteiger partial charge in [-0.1, -0.05) is 0 Å². The Kier molecular flexibility index (Phi) is 5.89. The molecule has 0 spiro atoms.